The van der Waals surface area contributed by atoms with Gasteiger partial charge in [0.15, 0.2) is 0 Å². The second-order valence-electron chi connectivity index (χ2n) is 4.06. The molecule has 2 rings (SSSR count). The molecular weight excluding hydrogens is 192 g/mol. The minimum atomic E-state index is -0.907. The number of carbonyl (C=O) groups is 1. The summed E-state index contributed by atoms with van der Waals surface area (Å²) in [6.07, 6.45) is 4.25. The molecule has 1 unspecified atom stereocenters. The third-order valence-corrected chi connectivity index (χ3v) is 2.87. The molecule has 0 spiro atoms. The Balaban J connectivity index is 2.21. The number of likely N-dealkylation sites (N-methyl/N-ethyl adjacent to an activating group) is 1. The Labute approximate surface area is 88.6 Å². The van der Waals surface area contributed by atoms with E-state index in [1.54, 1.807) is 12.3 Å². The summed E-state index contributed by atoms with van der Waals surface area (Å²) in [5.74, 6) is -0.475. The van der Waals surface area contributed by atoms with Crippen LogP contribution in [-0.4, -0.2) is 41.1 Å². The highest BCUT2D eigenvalue weighted by Gasteiger charge is 2.21. The van der Waals surface area contributed by atoms with Gasteiger partial charge in [0.1, 0.15) is 0 Å². The Morgan fingerprint density at radius 2 is 2.40 bits per heavy atom. The summed E-state index contributed by atoms with van der Waals surface area (Å²) < 4.78 is 0. The summed E-state index contributed by atoms with van der Waals surface area (Å²) in [6.45, 7) is 2.06. The van der Waals surface area contributed by atoms with Crippen LogP contribution in [0.15, 0.2) is 18.5 Å². The van der Waals surface area contributed by atoms with Crippen molar-refractivity contribution >= 4 is 5.97 Å². The normalized spacial score (nSPS) is 21.8. The van der Waals surface area contributed by atoms with Gasteiger partial charge in [-0.05, 0) is 37.6 Å². The van der Waals surface area contributed by atoms with Gasteiger partial charge in [-0.3, -0.25) is 4.98 Å². The molecule has 1 aromatic rings. The average Bonchev–Trinajstić information content (AvgIpc) is 2.65. The molecule has 4 heteroatoms. The molecule has 1 atom stereocenters. The van der Waals surface area contributed by atoms with E-state index in [0.717, 1.165) is 25.1 Å². The van der Waals surface area contributed by atoms with Gasteiger partial charge in [-0.2, -0.15) is 0 Å². The lowest BCUT2D eigenvalue weighted by Gasteiger charge is -2.10. The Kier molecular flexibility index (Phi) is 2.68. The van der Waals surface area contributed by atoms with E-state index in [9.17, 15) is 4.79 Å². The van der Waals surface area contributed by atoms with Gasteiger partial charge in [0.05, 0.1) is 5.56 Å². The topological polar surface area (TPSA) is 53.4 Å². The largest absolute Gasteiger partial charge is 0.478 e. The molecule has 80 valence electrons. The average molecular weight is 206 g/mol. The Morgan fingerprint density at radius 1 is 1.60 bits per heavy atom. The maximum absolute atomic E-state index is 10.8. The van der Waals surface area contributed by atoms with Crippen LogP contribution in [0.2, 0.25) is 0 Å². The van der Waals surface area contributed by atoms with Crippen molar-refractivity contribution < 1.29 is 9.90 Å². The van der Waals surface area contributed by atoms with Crippen molar-refractivity contribution in [1.82, 2.24) is 9.88 Å². The van der Waals surface area contributed by atoms with Crippen LogP contribution in [0.25, 0.3) is 0 Å². The molecule has 1 N–H and O–H groups in total. The summed E-state index contributed by atoms with van der Waals surface area (Å²) in [5, 5.41) is 8.85. The Hall–Kier alpha value is -1.42. The fraction of sp³-hybridized carbons (Fsp3) is 0.455. The number of carboxylic acid groups (broad SMARTS) is 1. The molecule has 0 amide bonds. The van der Waals surface area contributed by atoms with Gasteiger partial charge in [-0.1, -0.05) is 0 Å². The van der Waals surface area contributed by atoms with E-state index in [1.807, 2.05) is 0 Å². The minimum Gasteiger partial charge on any atom is -0.478 e. The number of aromatic carboxylic acids is 1. The van der Waals surface area contributed by atoms with Crippen LogP contribution in [-0.2, 0) is 0 Å². The number of nitrogens with zero attached hydrogens (tertiary/aromatic N) is 2. The van der Waals surface area contributed by atoms with Gasteiger partial charge in [-0.15, -0.1) is 0 Å². The minimum absolute atomic E-state index is 0.280. The predicted octanol–water partition coefficient (Wildman–Crippen LogP) is 1.20. The first kappa shape index (κ1) is 10.1. The molecule has 0 aliphatic carbocycles. The number of aromatic nitrogens is 1. The first-order valence-corrected chi connectivity index (χ1v) is 5.03. The van der Waals surface area contributed by atoms with E-state index < -0.39 is 5.97 Å². The standard InChI is InChI=1S/C11H14N2O2/c1-13-3-2-8(7-13)9-4-10(11(14)15)6-12-5-9/h4-6,8H,2-3,7H2,1H3,(H,14,15). The smallest absolute Gasteiger partial charge is 0.337 e. The third-order valence-electron chi connectivity index (χ3n) is 2.87. The molecular formula is C11H14N2O2. The zero-order valence-electron chi connectivity index (χ0n) is 8.68. The number of hydrogen-bond acceptors (Lipinski definition) is 3. The Morgan fingerprint density at radius 3 is 3.00 bits per heavy atom. The molecule has 4 nitrogen and oxygen atoms in total. The van der Waals surface area contributed by atoms with Crippen molar-refractivity contribution in [3.63, 3.8) is 0 Å². The van der Waals surface area contributed by atoms with Gasteiger partial charge < -0.3 is 10.0 Å². The first-order chi connectivity index (χ1) is 7.16. The second-order valence-corrected chi connectivity index (χ2v) is 4.06. The lowest BCUT2D eigenvalue weighted by molar-refractivity contribution is 0.0696. The third kappa shape index (κ3) is 2.15. The highest BCUT2D eigenvalue weighted by Crippen LogP contribution is 2.25. The molecule has 1 aliphatic rings. The van der Waals surface area contributed by atoms with E-state index in [-0.39, 0.29) is 5.56 Å². The van der Waals surface area contributed by atoms with Crippen molar-refractivity contribution in [2.45, 2.75) is 12.3 Å². The van der Waals surface area contributed by atoms with E-state index in [2.05, 4.69) is 16.9 Å². The second kappa shape index (κ2) is 3.98. The number of rotatable bonds is 2. The van der Waals surface area contributed by atoms with Crippen LogP contribution in [0.3, 0.4) is 0 Å². The SMILES string of the molecule is CN1CCC(c2cncc(C(=O)O)c2)C1. The molecule has 0 aromatic carbocycles. The van der Waals surface area contributed by atoms with Gasteiger partial charge in [0, 0.05) is 18.9 Å². The fourth-order valence-corrected chi connectivity index (χ4v) is 2.01. The molecule has 0 bridgehead atoms. The van der Waals surface area contributed by atoms with E-state index in [1.165, 1.54) is 6.20 Å². The van der Waals surface area contributed by atoms with Crippen molar-refractivity contribution in [1.29, 1.82) is 0 Å². The van der Waals surface area contributed by atoms with Gasteiger partial charge >= 0.3 is 5.97 Å². The van der Waals surface area contributed by atoms with E-state index in [4.69, 9.17) is 5.11 Å². The van der Waals surface area contributed by atoms with Crippen molar-refractivity contribution in [3.8, 4) is 0 Å². The van der Waals surface area contributed by atoms with Gasteiger partial charge in [0.2, 0.25) is 0 Å². The summed E-state index contributed by atoms with van der Waals surface area (Å²) in [4.78, 5) is 17.0. The molecule has 0 saturated carbocycles. The summed E-state index contributed by atoms with van der Waals surface area (Å²) in [5.41, 5.74) is 1.32. The summed E-state index contributed by atoms with van der Waals surface area (Å²) in [7, 11) is 2.08. The molecule has 1 saturated heterocycles. The van der Waals surface area contributed by atoms with E-state index >= 15 is 0 Å². The van der Waals surface area contributed by atoms with Crippen LogP contribution in [0.4, 0.5) is 0 Å². The highest BCUT2D eigenvalue weighted by molar-refractivity contribution is 5.87. The maximum Gasteiger partial charge on any atom is 0.337 e. The van der Waals surface area contributed by atoms with E-state index in [0.29, 0.717) is 5.92 Å². The molecule has 1 aromatic heterocycles. The van der Waals surface area contributed by atoms with Crippen LogP contribution < -0.4 is 0 Å². The molecule has 15 heavy (non-hydrogen) atoms. The lowest BCUT2D eigenvalue weighted by Crippen LogP contribution is -2.13. The number of hydrogen-bond donors (Lipinski definition) is 1. The van der Waals surface area contributed by atoms with Crippen LogP contribution in [0.5, 0.6) is 0 Å². The predicted molar refractivity (Wildman–Crippen MR) is 56.1 cm³/mol. The molecule has 1 fully saturated rings. The zero-order chi connectivity index (χ0) is 10.8. The quantitative estimate of drug-likeness (QED) is 0.790. The summed E-state index contributed by atoms with van der Waals surface area (Å²) >= 11 is 0. The fourth-order valence-electron chi connectivity index (χ4n) is 2.01. The maximum atomic E-state index is 10.8. The number of carboxylic acids is 1. The van der Waals surface area contributed by atoms with Crippen LogP contribution >= 0.6 is 0 Å². The summed E-state index contributed by atoms with van der Waals surface area (Å²) in [6, 6.07) is 1.74. The van der Waals surface area contributed by atoms with Gasteiger partial charge in [-0.25, -0.2) is 4.79 Å². The monoisotopic (exact) mass is 206 g/mol. The van der Waals surface area contributed by atoms with Crippen molar-refractivity contribution in [2.75, 3.05) is 20.1 Å². The van der Waals surface area contributed by atoms with Crippen molar-refractivity contribution in [3.05, 3.63) is 29.6 Å². The number of likely N-dealkylation sites (tertiary alicyclic amines) is 1. The van der Waals surface area contributed by atoms with Gasteiger partial charge in [0.25, 0.3) is 0 Å². The highest BCUT2D eigenvalue weighted by atomic mass is 16.4. The zero-order valence-corrected chi connectivity index (χ0v) is 8.68. The first-order valence-electron chi connectivity index (χ1n) is 5.03. The van der Waals surface area contributed by atoms with Crippen LogP contribution in [0, 0.1) is 0 Å². The molecule has 2 heterocycles. The van der Waals surface area contributed by atoms with Crippen molar-refractivity contribution in [2.24, 2.45) is 0 Å². The molecule has 1 aliphatic heterocycles. The lowest BCUT2D eigenvalue weighted by atomic mass is 9.99. The Bertz CT molecular complexity index is 379. The van der Waals surface area contributed by atoms with Crippen LogP contribution in [0.1, 0.15) is 28.3 Å². The number of pyridine rings is 1. The molecule has 0 radical (unpaired) electrons.